The Morgan fingerprint density at radius 3 is 2.64 bits per heavy atom. The number of hydrogen-bond donors (Lipinski definition) is 3. The van der Waals surface area contributed by atoms with Crippen molar-refractivity contribution in [1.29, 1.82) is 0 Å². The van der Waals surface area contributed by atoms with E-state index in [-0.39, 0.29) is 5.69 Å². The van der Waals surface area contributed by atoms with Crippen LogP contribution in [0, 0.1) is 24.0 Å². The molecule has 0 radical (unpaired) electrons. The number of nitro benzene ring substituents is 1. The van der Waals surface area contributed by atoms with Crippen LogP contribution in [0.2, 0.25) is 5.02 Å². The standard InChI is InChI=1S/C17H19ClN4O2S/c1-11-9-12(2)16(13(18)10-11)21-17(25)20-8-7-19-14-5-3-4-6-15(14)22(23)24/h3-6,9-10,19H,7-8H2,1-2H3,(H2,20,21,25). The summed E-state index contributed by atoms with van der Waals surface area (Å²) in [7, 11) is 0. The van der Waals surface area contributed by atoms with Gasteiger partial charge < -0.3 is 16.0 Å². The molecule has 25 heavy (non-hydrogen) atoms. The Balaban J connectivity index is 1.85. The number of hydrogen-bond acceptors (Lipinski definition) is 4. The highest BCUT2D eigenvalue weighted by Crippen LogP contribution is 2.27. The molecule has 2 rings (SSSR count). The van der Waals surface area contributed by atoms with E-state index in [1.807, 2.05) is 26.0 Å². The molecule has 0 saturated carbocycles. The summed E-state index contributed by atoms with van der Waals surface area (Å²) in [6.45, 7) is 4.92. The Morgan fingerprint density at radius 1 is 1.24 bits per heavy atom. The minimum atomic E-state index is -0.413. The van der Waals surface area contributed by atoms with E-state index in [9.17, 15) is 10.1 Å². The van der Waals surface area contributed by atoms with Crippen LogP contribution >= 0.6 is 23.8 Å². The molecule has 8 heteroatoms. The maximum Gasteiger partial charge on any atom is 0.292 e. The van der Waals surface area contributed by atoms with Gasteiger partial charge in [-0.1, -0.05) is 29.8 Å². The second-order valence-electron chi connectivity index (χ2n) is 5.52. The van der Waals surface area contributed by atoms with Crippen molar-refractivity contribution in [2.24, 2.45) is 0 Å². The second kappa shape index (κ2) is 8.64. The van der Waals surface area contributed by atoms with Crippen molar-refractivity contribution in [1.82, 2.24) is 5.32 Å². The van der Waals surface area contributed by atoms with E-state index in [0.29, 0.717) is 28.9 Å². The lowest BCUT2D eigenvalue weighted by Gasteiger charge is -2.15. The maximum atomic E-state index is 11.0. The largest absolute Gasteiger partial charge is 0.378 e. The van der Waals surface area contributed by atoms with Crippen molar-refractivity contribution < 1.29 is 4.92 Å². The first-order valence-electron chi connectivity index (χ1n) is 7.67. The monoisotopic (exact) mass is 378 g/mol. The highest BCUT2D eigenvalue weighted by atomic mass is 35.5. The van der Waals surface area contributed by atoms with Crippen molar-refractivity contribution in [3.63, 3.8) is 0 Å². The topological polar surface area (TPSA) is 79.2 Å². The lowest BCUT2D eigenvalue weighted by molar-refractivity contribution is -0.384. The van der Waals surface area contributed by atoms with Gasteiger partial charge in [0, 0.05) is 19.2 Å². The van der Waals surface area contributed by atoms with Gasteiger partial charge >= 0.3 is 0 Å². The fourth-order valence-electron chi connectivity index (χ4n) is 2.39. The molecular formula is C17H19ClN4O2S. The lowest BCUT2D eigenvalue weighted by Crippen LogP contribution is -2.32. The highest BCUT2D eigenvalue weighted by Gasteiger charge is 2.11. The van der Waals surface area contributed by atoms with E-state index >= 15 is 0 Å². The van der Waals surface area contributed by atoms with Crippen LogP contribution in [0.1, 0.15) is 11.1 Å². The molecule has 6 nitrogen and oxygen atoms in total. The molecule has 0 aromatic heterocycles. The number of thiocarbonyl (C=S) groups is 1. The van der Waals surface area contributed by atoms with Crippen LogP contribution in [0.25, 0.3) is 0 Å². The number of halogens is 1. The molecule has 0 amide bonds. The summed E-state index contributed by atoms with van der Waals surface area (Å²) in [4.78, 5) is 10.5. The molecule has 0 spiro atoms. The van der Waals surface area contributed by atoms with Crippen molar-refractivity contribution in [2.45, 2.75) is 13.8 Å². The van der Waals surface area contributed by atoms with Gasteiger partial charge in [0.05, 0.1) is 15.6 Å². The van der Waals surface area contributed by atoms with E-state index in [2.05, 4.69) is 16.0 Å². The fraction of sp³-hybridized carbons (Fsp3) is 0.235. The molecule has 0 heterocycles. The third-order valence-corrected chi connectivity index (χ3v) is 4.04. The van der Waals surface area contributed by atoms with Gasteiger partial charge in [-0.05, 0) is 49.3 Å². The molecule has 132 valence electrons. The number of benzene rings is 2. The molecular weight excluding hydrogens is 360 g/mol. The number of nitrogens with zero attached hydrogens (tertiary/aromatic N) is 1. The zero-order valence-electron chi connectivity index (χ0n) is 13.9. The fourth-order valence-corrected chi connectivity index (χ4v) is 2.96. The first-order valence-corrected chi connectivity index (χ1v) is 8.46. The van der Waals surface area contributed by atoms with Crippen LogP contribution in [0.5, 0.6) is 0 Å². The summed E-state index contributed by atoms with van der Waals surface area (Å²) >= 11 is 11.5. The number of rotatable bonds is 6. The Labute approximate surface area is 156 Å². The summed E-state index contributed by atoms with van der Waals surface area (Å²) in [5.41, 5.74) is 3.39. The smallest absolute Gasteiger partial charge is 0.292 e. The molecule has 0 atom stereocenters. The number of anilines is 2. The first kappa shape index (κ1) is 19.0. The van der Waals surface area contributed by atoms with Gasteiger partial charge in [-0.15, -0.1) is 0 Å². The van der Waals surface area contributed by atoms with E-state index < -0.39 is 4.92 Å². The summed E-state index contributed by atoms with van der Waals surface area (Å²) in [6, 6.07) is 10.4. The van der Waals surface area contributed by atoms with Crippen molar-refractivity contribution in [2.75, 3.05) is 23.7 Å². The van der Waals surface area contributed by atoms with Crippen molar-refractivity contribution in [3.05, 3.63) is 62.7 Å². The van der Waals surface area contributed by atoms with Gasteiger partial charge in [0.25, 0.3) is 5.69 Å². The highest BCUT2D eigenvalue weighted by molar-refractivity contribution is 7.80. The average molecular weight is 379 g/mol. The predicted molar refractivity (Wildman–Crippen MR) is 107 cm³/mol. The van der Waals surface area contributed by atoms with Gasteiger partial charge in [-0.25, -0.2) is 0 Å². The summed E-state index contributed by atoms with van der Waals surface area (Å²) in [5.74, 6) is 0. The van der Waals surface area contributed by atoms with Gasteiger partial charge in [0.15, 0.2) is 5.11 Å². The Hall–Kier alpha value is -2.38. The van der Waals surface area contributed by atoms with Gasteiger partial charge in [0.1, 0.15) is 5.69 Å². The molecule has 0 bridgehead atoms. The first-order chi connectivity index (χ1) is 11.9. The zero-order chi connectivity index (χ0) is 18.4. The average Bonchev–Trinajstić information content (AvgIpc) is 2.55. The van der Waals surface area contributed by atoms with Crippen molar-refractivity contribution in [3.8, 4) is 0 Å². The van der Waals surface area contributed by atoms with Gasteiger partial charge in [0.2, 0.25) is 0 Å². The minimum absolute atomic E-state index is 0.0465. The molecule has 0 aliphatic heterocycles. The Morgan fingerprint density at radius 2 is 1.96 bits per heavy atom. The van der Waals surface area contributed by atoms with Crippen LogP contribution in [-0.2, 0) is 0 Å². The van der Waals surface area contributed by atoms with E-state index in [4.69, 9.17) is 23.8 Å². The predicted octanol–water partition coefficient (Wildman–Crippen LogP) is 4.26. The van der Waals surface area contributed by atoms with E-state index in [0.717, 1.165) is 16.8 Å². The lowest BCUT2D eigenvalue weighted by atomic mass is 10.1. The maximum absolute atomic E-state index is 11.0. The van der Waals surface area contributed by atoms with Crippen LogP contribution in [0.15, 0.2) is 36.4 Å². The van der Waals surface area contributed by atoms with Gasteiger partial charge in [-0.2, -0.15) is 0 Å². The zero-order valence-corrected chi connectivity index (χ0v) is 15.5. The molecule has 0 fully saturated rings. The molecule has 0 aliphatic carbocycles. The van der Waals surface area contributed by atoms with E-state index in [1.165, 1.54) is 6.07 Å². The van der Waals surface area contributed by atoms with Crippen LogP contribution in [0.4, 0.5) is 17.1 Å². The number of nitro groups is 1. The normalized spacial score (nSPS) is 10.2. The van der Waals surface area contributed by atoms with Crippen LogP contribution in [0.3, 0.4) is 0 Å². The van der Waals surface area contributed by atoms with Gasteiger partial charge in [-0.3, -0.25) is 10.1 Å². The molecule has 3 N–H and O–H groups in total. The number of nitrogens with one attached hydrogen (secondary N) is 3. The molecule has 2 aromatic rings. The molecule has 0 aliphatic rings. The SMILES string of the molecule is Cc1cc(C)c(NC(=S)NCCNc2ccccc2[N+](=O)[O-])c(Cl)c1. The Bertz CT molecular complexity index is 775. The Kier molecular flexibility index (Phi) is 6.55. The van der Waals surface area contributed by atoms with Crippen molar-refractivity contribution >= 4 is 46.0 Å². The second-order valence-corrected chi connectivity index (χ2v) is 6.34. The number of aryl methyl sites for hydroxylation is 2. The quantitative estimate of drug-likeness (QED) is 0.301. The third kappa shape index (κ3) is 5.30. The summed E-state index contributed by atoms with van der Waals surface area (Å²) in [5, 5.41) is 21.2. The van der Waals surface area contributed by atoms with Crippen LogP contribution < -0.4 is 16.0 Å². The minimum Gasteiger partial charge on any atom is -0.378 e. The summed E-state index contributed by atoms with van der Waals surface area (Å²) < 4.78 is 0. The molecule has 0 unspecified atom stereocenters. The van der Waals surface area contributed by atoms with E-state index in [1.54, 1.807) is 18.2 Å². The third-order valence-electron chi connectivity index (χ3n) is 3.50. The summed E-state index contributed by atoms with van der Waals surface area (Å²) in [6.07, 6.45) is 0. The molecule has 2 aromatic carbocycles. The number of para-hydroxylation sites is 2. The molecule has 0 saturated heterocycles. The van der Waals surface area contributed by atoms with Crippen LogP contribution in [-0.4, -0.2) is 23.1 Å².